The normalized spacial score (nSPS) is 15.9. The monoisotopic (exact) mass is 438 g/mol. The highest BCUT2D eigenvalue weighted by atomic mass is 32.1. The van der Waals surface area contributed by atoms with Crippen molar-refractivity contribution in [2.75, 3.05) is 45.3 Å². The molecule has 0 atom stereocenters. The summed E-state index contributed by atoms with van der Waals surface area (Å²) in [5.41, 5.74) is 0.669. The standard InChI is InChI=1S/C21H30N2O6S/c1-4-28-20(25)17-13(2)18(21(26)29-10-9-27-3)30-19(17)22-16(24)12-23(15-7-8-15)11-14-5-6-14/h14-15H,4-12H2,1-3H3,(H,22,24). The zero-order valence-electron chi connectivity index (χ0n) is 17.8. The number of amides is 1. The van der Waals surface area contributed by atoms with Crippen LogP contribution in [0.4, 0.5) is 5.00 Å². The van der Waals surface area contributed by atoms with E-state index in [1.54, 1.807) is 13.8 Å². The molecule has 30 heavy (non-hydrogen) atoms. The van der Waals surface area contributed by atoms with Gasteiger partial charge in [-0.3, -0.25) is 9.69 Å². The van der Waals surface area contributed by atoms with Crippen molar-refractivity contribution in [3.8, 4) is 0 Å². The van der Waals surface area contributed by atoms with E-state index in [-0.39, 0.29) is 42.7 Å². The Bertz CT molecular complexity index is 785. The zero-order valence-corrected chi connectivity index (χ0v) is 18.6. The first-order valence-electron chi connectivity index (χ1n) is 10.4. The highest BCUT2D eigenvalue weighted by Gasteiger charge is 2.35. The van der Waals surface area contributed by atoms with E-state index in [1.807, 2.05) is 0 Å². The highest BCUT2D eigenvalue weighted by molar-refractivity contribution is 7.18. The number of esters is 2. The molecule has 1 heterocycles. The summed E-state index contributed by atoms with van der Waals surface area (Å²) in [6, 6.07) is 0.484. The predicted octanol–water partition coefficient (Wildman–Crippen LogP) is 2.85. The summed E-state index contributed by atoms with van der Waals surface area (Å²) in [5, 5.41) is 3.17. The summed E-state index contributed by atoms with van der Waals surface area (Å²) in [4.78, 5) is 40.2. The first-order chi connectivity index (χ1) is 14.4. The fourth-order valence-electron chi connectivity index (χ4n) is 3.29. The van der Waals surface area contributed by atoms with Crippen LogP contribution in [0.3, 0.4) is 0 Å². The molecule has 8 nitrogen and oxygen atoms in total. The third kappa shape index (κ3) is 6.02. The van der Waals surface area contributed by atoms with Gasteiger partial charge in [-0.15, -0.1) is 11.3 Å². The smallest absolute Gasteiger partial charge is 0.348 e. The molecule has 0 aliphatic heterocycles. The minimum absolute atomic E-state index is 0.112. The predicted molar refractivity (Wildman–Crippen MR) is 113 cm³/mol. The fraction of sp³-hybridized carbons (Fsp3) is 0.667. The molecule has 0 saturated heterocycles. The van der Waals surface area contributed by atoms with E-state index in [1.165, 1.54) is 20.0 Å². The Hall–Kier alpha value is -1.97. The molecule has 9 heteroatoms. The Balaban J connectivity index is 1.73. The first-order valence-corrected chi connectivity index (χ1v) is 11.3. The number of hydrogen-bond acceptors (Lipinski definition) is 8. The zero-order chi connectivity index (χ0) is 21.7. The number of thiophene rings is 1. The Labute approximate surface area is 180 Å². The Morgan fingerprint density at radius 2 is 1.83 bits per heavy atom. The summed E-state index contributed by atoms with van der Waals surface area (Å²) >= 11 is 1.05. The van der Waals surface area contributed by atoms with E-state index in [0.717, 1.165) is 30.7 Å². The molecule has 1 amide bonds. The molecular formula is C21H30N2O6S. The van der Waals surface area contributed by atoms with Gasteiger partial charge in [-0.2, -0.15) is 0 Å². The van der Waals surface area contributed by atoms with Gasteiger partial charge in [-0.1, -0.05) is 0 Å². The van der Waals surface area contributed by atoms with E-state index in [0.29, 0.717) is 22.5 Å². The van der Waals surface area contributed by atoms with Crippen molar-refractivity contribution < 1.29 is 28.6 Å². The summed E-state index contributed by atoms with van der Waals surface area (Å²) in [5.74, 6) is -0.594. The number of anilines is 1. The number of carbonyl (C=O) groups excluding carboxylic acids is 3. The number of methoxy groups -OCH3 is 1. The van der Waals surface area contributed by atoms with Gasteiger partial charge in [0.05, 0.1) is 25.3 Å². The van der Waals surface area contributed by atoms with E-state index in [9.17, 15) is 14.4 Å². The summed E-state index contributed by atoms with van der Waals surface area (Å²) in [6.07, 6.45) is 4.72. The van der Waals surface area contributed by atoms with E-state index < -0.39 is 11.9 Å². The maximum atomic E-state index is 12.8. The average molecular weight is 439 g/mol. The molecule has 3 rings (SSSR count). The quantitative estimate of drug-likeness (QED) is 0.396. The average Bonchev–Trinajstić information content (AvgIpc) is 3.60. The molecule has 0 radical (unpaired) electrons. The van der Waals surface area contributed by atoms with Gasteiger partial charge in [0, 0.05) is 19.7 Å². The van der Waals surface area contributed by atoms with Crippen LogP contribution in [-0.2, 0) is 19.0 Å². The summed E-state index contributed by atoms with van der Waals surface area (Å²) in [7, 11) is 1.52. The van der Waals surface area contributed by atoms with Gasteiger partial charge in [-0.05, 0) is 51.0 Å². The Kier molecular flexibility index (Phi) is 7.85. The number of ether oxygens (including phenoxy) is 3. The molecule has 0 spiro atoms. The second kappa shape index (κ2) is 10.4. The minimum Gasteiger partial charge on any atom is -0.462 e. The number of hydrogen-bond donors (Lipinski definition) is 1. The van der Waals surface area contributed by atoms with Gasteiger partial charge in [0.2, 0.25) is 5.91 Å². The molecule has 1 aromatic rings. The molecule has 2 fully saturated rings. The van der Waals surface area contributed by atoms with Crippen molar-refractivity contribution >= 4 is 34.2 Å². The van der Waals surface area contributed by atoms with E-state index >= 15 is 0 Å². The van der Waals surface area contributed by atoms with Crippen LogP contribution in [0.25, 0.3) is 0 Å². The number of nitrogens with zero attached hydrogens (tertiary/aromatic N) is 1. The minimum atomic E-state index is -0.561. The molecule has 1 aromatic heterocycles. The lowest BCUT2D eigenvalue weighted by atomic mass is 10.1. The molecule has 2 aliphatic rings. The lowest BCUT2D eigenvalue weighted by Crippen LogP contribution is -2.36. The molecule has 2 aliphatic carbocycles. The third-order valence-electron chi connectivity index (χ3n) is 5.18. The van der Waals surface area contributed by atoms with Gasteiger partial charge in [0.1, 0.15) is 16.5 Å². The second-order valence-electron chi connectivity index (χ2n) is 7.76. The lowest BCUT2D eigenvalue weighted by molar-refractivity contribution is -0.117. The van der Waals surface area contributed by atoms with Gasteiger partial charge >= 0.3 is 11.9 Å². The van der Waals surface area contributed by atoms with Crippen LogP contribution in [0.5, 0.6) is 0 Å². The third-order valence-corrected chi connectivity index (χ3v) is 6.37. The topological polar surface area (TPSA) is 94.2 Å². The SMILES string of the molecule is CCOC(=O)c1c(NC(=O)CN(CC2CC2)C2CC2)sc(C(=O)OCCOC)c1C. The Morgan fingerprint density at radius 1 is 1.10 bits per heavy atom. The van der Waals surface area contributed by atoms with Gasteiger partial charge in [0.25, 0.3) is 0 Å². The fourth-order valence-corrected chi connectivity index (χ4v) is 4.40. The molecule has 2 saturated carbocycles. The molecule has 166 valence electrons. The van der Waals surface area contributed by atoms with Crippen LogP contribution in [0.2, 0.25) is 0 Å². The van der Waals surface area contributed by atoms with Crippen LogP contribution >= 0.6 is 11.3 Å². The van der Waals surface area contributed by atoms with Gasteiger partial charge in [-0.25, -0.2) is 9.59 Å². The summed E-state index contributed by atoms with van der Waals surface area (Å²) < 4.78 is 15.2. The number of nitrogens with one attached hydrogen (secondary N) is 1. The van der Waals surface area contributed by atoms with Crippen molar-refractivity contribution in [2.45, 2.75) is 45.6 Å². The molecule has 0 aromatic carbocycles. The molecule has 0 bridgehead atoms. The van der Waals surface area contributed by atoms with Crippen LogP contribution in [-0.4, -0.2) is 68.8 Å². The maximum Gasteiger partial charge on any atom is 0.348 e. The van der Waals surface area contributed by atoms with Gasteiger partial charge in [0.15, 0.2) is 0 Å². The highest BCUT2D eigenvalue weighted by Crippen LogP contribution is 2.36. The van der Waals surface area contributed by atoms with Crippen molar-refractivity contribution in [1.82, 2.24) is 4.90 Å². The molecule has 0 unspecified atom stereocenters. The maximum absolute atomic E-state index is 12.8. The summed E-state index contributed by atoms with van der Waals surface area (Å²) in [6.45, 7) is 5.20. The first kappa shape index (κ1) is 22.7. The van der Waals surface area contributed by atoms with Crippen molar-refractivity contribution in [1.29, 1.82) is 0 Å². The number of rotatable bonds is 12. The number of carbonyl (C=O) groups is 3. The van der Waals surface area contributed by atoms with E-state index in [4.69, 9.17) is 14.2 Å². The molecular weight excluding hydrogens is 408 g/mol. The van der Waals surface area contributed by atoms with Crippen LogP contribution in [0.15, 0.2) is 0 Å². The second-order valence-corrected chi connectivity index (χ2v) is 8.78. The van der Waals surface area contributed by atoms with E-state index in [2.05, 4.69) is 10.2 Å². The van der Waals surface area contributed by atoms with Crippen LogP contribution in [0.1, 0.15) is 58.2 Å². The molecule has 1 N–H and O–H groups in total. The van der Waals surface area contributed by atoms with Crippen LogP contribution in [0, 0.1) is 12.8 Å². The van der Waals surface area contributed by atoms with Crippen molar-refractivity contribution in [3.63, 3.8) is 0 Å². The van der Waals surface area contributed by atoms with Crippen LogP contribution < -0.4 is 5.32 Å². The lowest BCUT2D eigenvalue weighted by Gasteiger charge is -2.21. The van der Waals surface area contributed by atoms with Crippen molar-refractivity contribution in [2.24, 2.45) is 5.92 Å². The largest absolute Gasteiger partial charge is 0.462 e. The Morgan fingerprint density at radius 3 is 2.43 bits per heavy atom. The van der Waals surface area contributed by atoms with Crippen molar-refractivity contribution in [3.05, 3.63) is 16.0 Å². The van der Waals surface area contributed by atoms with Gasteiger partial charge < -0.3 is 19.5 Å².